The Balaban J connectivity index is 1.46. The van der Waals surface area contributed by atoms with Gasteiger partial charge in [0, 0.05) is 17.1 Å². The SMILES string of the molecule is c1ccc(N(c2ccccc2)c2ccc3c(c2)-c2c4cccc2-c2cccc-3c2-c2ccccc2-4)cc1. The van der Waals surface area contributed by atoms with Crippen molar-refractivity contribution < 1.29 is 0 Å². The molecule has 0 saturated carbocycles. The van der Waals surface area contributed by atoms with E-state index in [0.717, 1.165) is 17.1 Å². The first kappa shape index (κ1) is 20.3. The molecule has 1 nitrogen and oxygen atoms in total. The third-order valence-corrected chi connectivity index (χ3v) is 7.76. The van der Waals surface area contributed by atoms with Gasteiger partial charge in [-0.15, -0.1) is 0 Å². The molecular weight excluding hydrogens is 446 g/mol. The van der Waals surface area contributed by atoms with E-state index in [2.05, 4.69) is 144 Å². The van der Waals surface area contributed by atoms with Gasteiger partial charge >= 0.3 is 0 Å². The molecule has 0 spiro atoms. The molecule has 0 fully saturated rings. The molecule has 6 bridgehead atoms. The van der Waals surface area contributed by atoms with E-state index in [1.807, 2.05) is 0 Å². The van der Waals surface area contributed by atoms with Gasteiger partial charge in [0.05, 0.1) is 0 Å². The van der Waals surface area contributed by atoms with Crippen LogP contribution < -0.4 is 4.90 Å². The summed E-state index contributed by atoms with van der Waals surface area (Å²) in [6.45, 7) is 0. The summed E-state index contributed by atoms with van der Waals surface area (Å²) in [5.41, 5.74) is 16.6. The molecule has 1 heteroatoms. The van der Waals surface area contributed by atoms with Crippen molar-refractivity contribution in [2.24, 2.45) is 0 Å². The summed E-state index contributed by atoms with van der Waals surface area (Å²) in [6.07, 6.45) is 0. The molecule has 0 atom stereocenters. The molecule has 0 radical (unpaired) electrons. The monoisotopic (exact) mass is 469 g/mol. The second-order valence-corrected chi connectivity index (χ2v) is 9.74. The standard InChI is InChI=1S/C36H23N/c1-3-11-24(12-4-1)37(25-13-5-2-6-14-25)26-21-22-28-31-18-10-19-32-33-20-9-17-30(36(33)34(28)23-26)27-15-7-8-16-29(27)35(31)32/h1-23H. The molecule has 0 aliphatic heterocycles. The molecule has 6 aromatic carbocycles. The molecule has 8 rings (SSSR count). The van der Waals surface area contributed by atoms with Crippen molar-refractivity contribution in [3.8, 4) is 55.6 Å². The summed E-state index contributed by atoms with van der Waals surface area (Å²) in [4.78, 5) is 2.35. The van der Waals surface area contributed by atoms with Crippen LogP contribution >= 0.6 is 0 Å². The fourth-order valence-electron chi connectivity index (χ4n) is 6.23. The molecule has 0 unspecified atom stereocenters. The zero-order chi connectivity index (χ0) is 24.3. The van der Waals surface area contributed by atoms with E-state index in [-0.39, 0.29) is 0 Å². The van der Waals surface area contributed by atoms with Crippen molar-refractivity contribution in [1.29, 1.82) is 0 Å². The minimum atomic E-state index is 1.15. The zero-order valence-electron chi connectivity index (χ0n) is 20.2. The minimum Gasteiger partial charge on any atom is -0.310 e. The van der Waals surface area contributed by atoms with Crippen LogP contribution in [-0.4, -0.2) is 0 Å². The number of hydrogen-bond acceptors (Lipinski definition) is 1. The van der Waals surface area contributed by atoms with Gasteiger partial charge < -0.3 is 4.90 Å². The van der Waals surface area contributed by atoms with Gasteiger partial charge in [-0.1, -0.05) is 103 Å². The number of para-hydroxylation sites is 2. The predicted octanol–water partition coefficient (Wildman–Crippen LogP) is 10.1. The van der Waals surface area contributed by atoms with Gasteiger partial charge in [-0.3, -0.25) is 0 Å². The largest absolute Gasteiger partial charge is 0.310 e. The lowest BCUT2D eigenvalue weighted by molar-refractivity contribution is 1.28. The normalized spacial score (nSPS) is 11.8. The van der Waals surface area contributed by atoms with Crippen LogP contribution in [0.4, 0.5) is 17.1 Å². The van der Waals surface area contributed by atoms with Crippen molar-refractivity contribution in [2.45, 2.75) is 0 Å². The summed E-state index contributed by atoms with van der Waals surface area (Å²) >= 11 is 0. The molecule has 0 amide bonds. The van der Waals surface area contributed by atoms with E-state index in [1.165, 1.54) is 55.6 Å². The van der Waals surface area contributed by atoms with Crippen molar-refractivity contribution in [3.05, 3.63) is 140 Å². The Labute approximate surface area is 216 Å². The lowest BCUT2D eigenvalue weighted by Crippen LogP contribution is -2.10. The van der Waals surface area contributed by atoms with Gasteiger partial charge in [-0.2, -0.15) is 0 Å². The lowest BCUT2D eigenvalue weighted by atomic mass is 9.83. The van der Waals surface area contributed by atoms with Gasteiger partial charge in [0.25, 0.3) is 0 Å². The molecule has 172 valence electrons. The van der Waals surface area contributed by atoms with E-state index in [1.54, 1.807) is 0 Å². The summed E-state index contributed by atoms with van der Waals surface area (Å²) in [7, 11) is 0. The van der Waals surface area contributed by atoms with Gasteiger partial charge in [-0.25, -0.2) is 0 Å². The van der Waals surface area contributed by atoms with E-state index in [9.17, 15) is 0 Å². The minimum absolute atomic E-state index is 1.15. The highest BCUT2D eigenvalue weighted by Crippen LogP contribution is 2.57. The Hall–Kier alpha value is -4.88. The Morgan fingerprint density at radius 2 is 0.703 bits per heavy atom. The Morgan fingerprint density at radius 3 is 1.30 bits per heavy atom. The van der Waals surface area contributed by atoms with Crippen molar-refractivity contribution in [2.75, 3.05) is 4.90 Å². The molecule has 37 heavy (non-hydrogen) atoms. The Bertz CT molecular complexity index is 1750. The molecule has 2 aliphatic carbocycles. The van der Waals surface area contributed by atoms with Crippen LogP contribution in [0.2, 0.25) is 0 Å². The van der Waals surface area contributed by atoms with Crippen LogP contribution in [0.15, 0.2) is 140 Å². The Morgan fingerprint density at radius 1 is 0.270 bits per heavy atom. The average molecular weight is 470 g/mol. The molecular formula is C36H23N. The van der Waals surface area contributed by atoms with E-state index in [0.29, 0.717) is 0 Å². The van der Waals surface area contributed by atoms with Crippen LogP contribution in [-0.2, 0) is 0 Å². The van der Waals surface area contributed by atoms with Gasteiger partial charge in [0.15, 0.2) is 0 Å². The topological polar surface area (TPSA) is 3.24 Å². The molecule has 6 aromatic rings. The highest BCUT2D eigenvalue weighted by molar-refractivity contribution is 6.15. The second-order valence-electron chi connectivity index (χ2n) is 9.74. The maximum Gasteiger partial charge on any atom is 0.0468 e. The second kappa shape index (κ2) is 7.81. The number of hydrogen-bond donors (Lipinski definition) is 0. The molecule has 0 N–H and O–H groups in total. The molecule has 2 aliphatic rings. The Kier molecular flexibility index (Phi) is 4.29. The maximum atomic E-state index is 2.39. The highest BCUT2D eigenvalue weighted by Gasteiger charge is 2.31. The molecule has 0 aromatic heterocycles. The van der Waals surface area contributed by atoms with Crippen LogP contribution in [0.25, 0.3) is 55.6 Å². The third kappa shape index (κ3) is 2.92. The first-order chi connectivity index (χ1) is 18.4. The predicted molar refractivity (Wildman–Crippen MR) is 155 cm³/mol. The first-order valence-corrected chi connectivity index (χ1v) is 12.8. The average Bonchev–Trinajstić information content (AvgIpc) is 3.07. The summed E-state index contributed by atoms with van der Waals surface area (Å²) in [5.74, 6) is 0. The van der Waals surface area contributed by atoms with Gasteiger partial charge in [-0.05, 0) is 92.0 Å². The first-order valence-electron chi connectivity index (χ1n) is 12.8. The fourth-order valence-corrected chi connectivity index (χ4v) is 6.23. The number of benzene rings is 6. The zero-order valence-corrected chi connectivity index (χ0v) is 20.2. The van der Waals surface area contributed by atoms with E-state index < -0.39 is 0 Å². The summed E-state index contributed by atoms with van der Waals surface area (Å²) in [5, 5.41) is 0. The van der Waals surface area contributed by atoms with Crippen molar-refractivity contribution >= 4 is 17.1 Å². The van der Waals surface area contributed by atoms with Crippen LogP contribution in [0.5, 0.6) is 0 Å². The number of fused-ring (bicyclic) bond motifs is 4. The number of rotatable bonds is 3. The van der Waals surface area contributed by atoms with Gasteiger partial charge in [0.1, 0.15) is 0 Å². The molecule has 0 heterocycles. The molecule has 0 saturated heterocycles. The summed E-state index contributed by atoms with van der Waals surface area (Å²) < 4.78 is 0. The van der Waals surface area contributed by atoms with Crippen molar-refractivity contribution in [3.63, 3.8) is 0 Å². The lowest BCUT2D eigenvalue weighted by Gasteiger charge is -2.27. The number of nitrogens with zero attached hydrogens (tertiary/aromatic N) is 1. The van der Waals surface area contributed by atoms with E-state index >= 15 is 0 Å². The third-order valence-electron chi connectivity index (χ3n) is 7.76. The van der Waals surface area contributed by atoms with Crippen LogP contribution in [0.3, 0.4) is 0 Å². The maximum absolute atomic E-state index is 2.39. The van der Waals surface area contributed by atoms with Gasteiger partial charge in [0.2, 0.25) is 0 Å². The summed E-state index contributed by atoms with van der Waals surface area (Å²) in [6, 6.07) is 50.7. The van der Waals surface area contributed by atoms with Crippen LogP contribution in [0, 0.1) is 0 Å². The number of anilines is 3. The van der Waals surface area contributed by atoms with Crippen molar-refractivity contribution in [1.82, 2.24) is 0 Å². The van der Waals surface area contributed by atoms with Crippen LogP contribution in [0.1, 0.15) is 0 Å². The highest BCUT2D eigenvalue weighted by atomic mass is 15.1. The quantitative estimate of drug-likeness (QED) is 0.249. The van der Waals surface area contributed by atoms with E-state index in [4.69, 9.17) is 0 Å². The fraction of sp³-hybridized carbons (Fsp3) is 0. The smallest absolute Gasteiger partial charge is 0.0468 e.